The molecular formula is C19H25NO. The Morgan fingerprint density at radius 3 is 2.76 bits per heavy atom. The van der Waals surface area contributed by atoms with Gasteiger partial charge in [-0.05, 0) is 50.3 Å². The Bertz CT molecular complexity index is 542. The molecule has 0 aromatic rings. The van der Waals surface area contributed by atoms with E-state index in [0.717, 1.165) is 28.7 Å². The number of Topliss-reactive ketones (excluding diaryl/α,β-unsaturated/α-hetero) is 1. The minimum absolute atomic E-state index is 0.192. The van der Waals surface area contributed by atoms with Crippen molar-refractivity contribution in [3.8, 4) is 0 Å². The largest absolute Gasteiger partial charge is 0.294 e. The average molecular weight is 283 g/mol. The molecule has 2 heteroatoms. The first kappa shape index (κ1) is 17.1. The van der Waals surface area contributed by atoms with Gasteiger partial charge < -0.3 is 0 Å². The number of ketones is 1. The molecule has 112 valence electrons. The van der Waals surface area contributed by atoms with Gasteiger partial charge in [-0.3, -0.25) is 9.79 Å². The molecule has 0 atom stereocenters. The fraction of sp³-hybridized carbons (Fsp3) is 0.368. The molecule has 0 aromatic heterocycles. The van der Waals surface area contributed by atoms with Crippen LogP contribution in [-0.2, 0) is 4.79 Å². The van der Waals surface area contributed by atoms with Crippen LogP contribution in [0.2, 0.25) is 0 Å². The van der Waals surface area contributed by atoms with Crippen molar-refractivity contribution in [1.29, 1.82) is 0 Å². The lowest BCUT2D eigenvalue weighted by Crippen LogP contribution is -2.09. The minimum atomic E-state index is 0.192. The van der Waals surface area contributed by atoms with E-state index in [2.05, 4.69) is 11.6 Å². The van der Waals surface area contributed by atoms with Gasteiger partial charge in [0.25, 0.3) is 0 Å². The average Bonchev–Trinajstić information content (AvgIpc) is 2.47. The number of hydrogen-bond donors (Lipinski definition) is 0. The van der Waals surface area contributed by atoms with Crippen molar-refractivity contribution in [3.05, 3.63) is 59.3 Å². The molecule has 0 fully saturated rings. The summed E-state index contributed by atoms with van der Waals surface area (Å²) in [5.41, 5.74) is 3.83. The molecule has 0 saturated heterocycles. The Morgan fingerprint density at radius 2 is 2.10 bits per heavy atom. The van der Waals surface area contributed by atoms with Crippen LogP contribution >= 0.6 is 0 Å². The molecule has 1 heterocycles. The van der Waals surface area contributed by atoms with Gasteiger partial charge in [-0.1, -0.05) is 42.5 Å². The van der Waals surface area contributed by atoms with Crippen LogP contribution in [0.15, 0.2) is 64.2 Å². The van der Waals surface area contributed by atoms with Crippen LogP contribution in [-0.4, -0.2) is 18.5 Å². The van der Waals surface area contributed by atoms with Crippen molar-refractivity contribution in [2.24, 2.45) is 4.99 Å². The standard InChI is InChI=1S/C19H25NO/c1-5-7-9-17-13-19(21)18(10-8-6-2)15(3)11-12-20-14-16(17)4/h5-9,14H,4,10-13H2,1-3H3/b7-5-,8-6-,17-9-,18-15-,20-14?. The first-order valence-electron chi connectivity index (χ1n) is 7.44. The molecule has 21 heavy (non-hydrogen) atoms. The minimum Gasteiger partial charge on any atom is -0.294 e. The van der Waals surface area contributed by atoms with E-state index in [1.54, 1.807) is 6.21 Å². The molecule has 1 rings (SSSR count). The fourth-order valence-electron chi connectivity index (χ4n) is 2.17. The van der Waals surface area contributed by atoms with Crippen LogP contribution in [0.1, 0.15) is 40.0 Å². The van der Waals surface area contributed by atoms with Crippen LogP contribution in [0.3, 0.4) is 0 Å². The van der Waals surface area contributed by atoms with E-state index in [0.29, 0.717) is 19.4 Å². The van der Waals surface area contributed by atoms with Gasteiger partial charge in [-0.2, -0.15) is 0 Å². The number of nitrogens with zero attached hydrogens (tertiary/aromatic N) is 1. The van der Waals surface area contributed by atoms with E-state index in [-0.39, 0.29) is 5.78 Å². The predicted octanol–water partition coefficient (Wildman–Crippen LogP) is 4.76. The zero-order valence-corrected chi connectivity index (χ0v) is 13.4. The van der Waals surface area contributed by atoms with Crippen LogP contribution in [0.4, 0.5) is 0 Å². The third kappa shape index (κ3) is 5.50. The molecule has 0 bridgehead atoms. The second kappa shape index (κ2) is 9.06. The van der Waals surface area contributed by atoms with E-state index in [4.69, 9.17) is 0 Å². The highest BCUT2D eigenvalue weighted by Gasteiger charge is 2.15. The zero-order valence-electron chi connectivity index (χ0n) is 13.4. The van der Waals surface area contributed by atoms with Gasteiger partial charge in [-0.15, -0.1) is 0 Å². The van der Waals surface area contributed by atoms with Gasteiger partial charge in [0.2, 0.25) is 0 Å². The van der Waals surface area contributed by atoms with E-state index >= 15 is 0 Å². The van der Waals surface area contributed by atoms with Crippen molar-refractivity contribution in [2.45, 2.75) is 40.0 Å². The molecule has 0 spiro atoms. The number of carbonyl (C=O) groups is 1. The smallest absolute Gasteiger partial charge is 0.163 e. The highest BCUT2D eigenvalue weighted by atomic mass is 16.1. The summed E-state index contributed by atoms with van der Waals surface area (Å²) >= 11 is 0. The molecule has 0 unspecified atom stereocenters. The van der Waals surface area contributed by atoms with Gasteiger partial charge in [0.15, 0.2) is 5.78 Å². The monoisotopic (exact) mass is 283 g/mol. The van der Waals surface area contributed by atoms with Crippen LogP contribution in [0, 0.1) is 0 Å². The van der Waals surface area contributed by atoms with Crippen molar-refractivity contribution < 1.29 is 4.79 Å². The van der Waals surface area contributed by atoms with Gasteiger partial charge >= 0.3 is 0 Å². The first-order chi connectivity index (χ1) is 10.1. The Hall–Kier alpha value is -1.96. The Balaban J connectivity index is 3.15. The molecule has 0 saturated carbocycles. The lowest BCUT2D eigenvalue weighted by molar-refractivity contribution is -0.115. The normalized spacial score (nSPS) is 23.7. The number of allylic oxidation sites excluding steroid dienone is 8. The lowest BCUT2D eigenvalue weighted by Gasteiger charge is -2.13. The van der Waals surface area contributed by atoms with E-state index in [1.807, 2.05) is 51.2 Å². The molecule has 1 aliphatic heterocycles. The number of hydrogen-bond acceptors (Lipinski definition) is 2. The van der Waals surface area contributed by atoms with Crippen molar-refractivity contribution in [2.75, 3.05) is 6.54 Å². The summed E-state index contributed by atoms with van der Waals surface area (Å²) < 4.78 is 0. The Kier molecular flexibility index (Phi) is 7.38. The fourth-order valence-corrected chi connectivity index (χ4v) is 2.17. The third-order valence-electron chi connectivity index (χ3n) is 3.53. The van der Waals surface area contributed by atoms with E-state index < -0.39 is 0 Å². The molecule has 0 radical (unpaired) electrons. The number of rotatable bonds is 3. The summed E-state index contributed by atoms with van der Waals surface area (Å²) in [6, 6.07) is 0. The first-order valence-corrected chi connectivity index (χ1v) is 7.44. The summed E-state index contributed by atoms with van der Waals surface area (Å²) in [6.07, 6.45) is 13.6. The quantitative estimate of drug-likeness (QED) is 0.686. The summed E-state index contributed by atoms with van der Waals surface area (Å²) in [4.78, 5) is 17.0. The van der Waals surface area contributed by atoms with Crippen molar-refractivity contribution in [1.82, 2.24) is 0 Å². The Morgan fingerprint density at radius 1 is 1.33 bits per heavy atom. The number of carbonyl (C=O) groups excluding carboxylic acids is 1. The summed E-state index contributed by atoms with van der Waals surface area (Å²) in [7, 11) is 0. The highest BCUT2D eigenvalue weighted by molar-refractivity contribution is 6.00. The maximum atomic E-state index is 12.6. The maximum absolute atomic E-state index is 12.6. The lowest BCUT2D eigenvalue weighted by atomic mass is 9.92. The molecule has 0 aromatic carbocycles. The second-order valence-electron chi connectivity index (χ2n) is 5.16. The zero-order chi connectivity index (χ0) is 15.7. The summed E-state index contributed by atoms with van der Waals surface area (Å²) in [5.74, 6) is 0.192. The summed E-state index contributed by atoms with van der Waals surface area (Å²) in [5, 5.41) is 0. The van der Waals surface area contributed by atoms with Gasteiger partial charge in [0.1, 0.15) is 0 Å². The summed E-state index contributed by atoms with van der Waals surface area (Å²) in [6.45, 7) is 10.7. The van der Waals surface area contributed by atoms with Gasteiger partial charge in [-0.25, -0.2) is 0 Å². The number of aliphatic imine (C=N–C) groups is 1. The highest BCUT2D eigenvalue weighted by Crippen LogP contribution is 2.22. The molecule has 2 nitrogen and oxygen atoms in total. The van der Waals surface area contributed by atoms with Gasteiger partial charge in [0.05, 0.1) is 0 Å². The predicted molar refractivity (Wildman–Crippen MR) is 91.8 cm³/mol. The second-order valence-corrected chi connectivity index (χ2v) is 5.16. The molecule has 1 aliphatic rings. The van der Waals surface area contributed by atoms with Crippen molar-refractivity contribution in [3.63, 3.8) is 0 Å². The Labute approximate surface area is 128 Å². The third-order valence-corrected chi connectivity index (χ3v) is 3.53. The maximum Gasteiger partial charge on any atom is 0.163 e. The molecule has 0 N–H and O–H groups in total. The van der Waals surface area contributed by atoms with Crippen molar-refractivity contribution >= 4 is 12.0 Å². The topological polar surface area (TPSA) is 29.4 Å². The van der Waals surface area contributed by atoms with Crippen LogP contribution in [0.5, 0.6) is 0 Å². The van der Waals surface area contributed by atoms with E-state index in [9.17, 15) is 4.79 Å². The molecule has 0 amide bonds. The SMILES string of the molecule is C=C1C=NCC/C(C)=C(/C/C=C\C)C(=O)C/C1=C/C=C\C. The van der Waals surface area contributed by atoms with Gasteiger partial charge in [0, 0.05) is 19.2 Å². The van der Waals surface area contributed by atoms with E-state index in [1.165, 1.54) is 0 Å². The van der Waals surface area contributed by atoms with Crippen LogP contribution in [0.25, 0.3) is 0 Å². The molecular weight excluding hydrogens is 258 g/mol. The van der Waals surface area contributed by atoms with Crippen LogP contribution < -0.4 is 0 Å². The molecule has 0 aliphatic carbocycles.